The summed E-state index contributed by atoms with van der Waals surface area (Å²) in [5.74, 6) is -4.53. The van der Waals surface area contributed by atoms with Crippen molar-refractivity contribution in [1.29, 1.82) is 0 Å². The lowest BCUT2D eigenvalue weighted by Gasteiger charge is -2.22. The average Bonchev–Trinajstić information content (AvgIpc) is 2.80. The number of unbranched alkanes of at least 4 members (excludes halogenated alkanes) is 1. The lowest BCUT2D eigenvalue weighted by Crippen LogP contribution is -2.27. The third-order valence-corrected chi connectivity index (χ3v) is 5.79. The lowest BCUT2D eigenvalue weighted by molar-refractivity contribution is -0.0722. The number of anilines is 1. The third-order valence-electron chi connectivity index (χ3n) is 5.79. The number of halogens is 5. The van der Waals surface area contributed by atoms with Crippen molar-refractivity contribution in [3.8, 4) is 0 Å². The van der Waals surface area contributed by atoms with Crippen LogP contribution in [0.1, 0.15) is 43.4 Å². The summed E-state index contributed by atoms with van der Waals surface area (Å²) in [5, 5.41) is 7.43. The van der Waals surface area contributed by atoms with E-state index in [-0.39, 0.29) is 41.5 Å². The van der Waals surface area contributed by atoms with Crippen molar-refractivity contribution in [3.63, 3.8) is 0 Å². The van der Waals surface area contributed by atoms with E-state index in [1.165, 1.54) is 36.9 Å². The maximum absolute atomic E-state index is 15.1. The number of hydrogen-bond donors (Lipinski definition) is 1. The fourth-order valence-corrected chi connectivity index (χ4v) is 3.93. The van der Waals surface area contributed by atoms with Crippen molar-refractivity contribution in [2.24, 2.45) is 7.05 Å². The number of fused-ring (bicyclic) bond motifs is 1. The van der Waals surface area contributed by atoms with Crippen molar-refractivity contribution < 1.29 is 26.7 Å². The zero-order chi connectivity index (χ0) is 26.6. The summed E-state index contributed by atoms with van der Waals surface area (Å²) < 4.78 is 75.4. The van der Waals surface area contributed by atoms with Crippen LogP contribution in [0.5, 0.6) is 0 Å². The Balaban J connectivity index is 1.99. The van der Waals surface area contributed by atoms with Gasteiger partial charge in [-0.15, -0.1) is 0 Å². The Morgan fingerprint density at radius 1 is 1.17 bits per heavy atom. The number of nitrogens with zero attached hydrogens (tertiary/aromatic N) is 3. The SMILES string of the molecule is COCC(F)(F)c1cccc([C@@H](C)Nc2nn(C)c(=O)c3cc(=O)n(CCCCC(F)F)cc23)c1F. The first-order chi connectivity index (χ1) is 17.0. The highest BCUT2D eigenvalue weighted by molar-refractivity contribution is 5.90. The molecule has 2 aromatic heterocycles. The fraction of sp³-hybridized carbons (Fsp3) is 0.458. The van der Waals surface area contributed by atoms with Crippen LogP contribution in [0.3, 0.4) is 0 Å². The molecule has 2 heterocycles. The number of benzene rings is 1. The minimum Gasteiger partial charge on any atom is -0.378 e. The van der Waals surface area contributed by atoms with Gasteiger partial charge >= 0.3 is 0 Å². The molecule has 0 spiro atoms. The van der Waals surface area contributed by atoms with E-state index >= 15 is 4.39 Å². The van der Waals surface area contributed by atoms with Crippen molar-refractivity contribution >= 4 is 16.6 Å². The van der Waals surface area contributed by atoms with Gasteiger partial charge in [0.1, 0.15) is 12.4 Å². The Morgan fingerprint density at radius 2 is 1.89 bits per heavy atom. The second kappa shape index (κ2) is 11.2. The molecule has 36 heavy (non-hydrogen) atoms. The first-order valence-electron chi connectivity index (χ1n) is 11.3. The van der Waals surface area contributed by atoms with E-state index < -0.39 is 47.5 Å². The van der Waals surface area contributed by atoms with E-state index in [9.17, 15) is 27.2 Å². The number of hydrogen-bond acceptors (Lipinski definition) is 5. The van der Waals surface area contributed by atoms with Gasteiger partial charge in [0.2, 0.25) is 6.43 Å². The molecule has 0 radical (unpaired) electrons. The molecule has 0 amide bonds. The molecule has 3 aromatic rings. The van der Waals surface area contributed by atoms with Gasteiger partial charge in [0, 0.05) is 50.3 Å². The molecule has 1 atom stereocenters. The maximum atomic E-state index is 15.1. The number of aryl methyl sites for hydroxylation is 2. The van der Waals surface area contributed by atoms with Crippen LogP contribution in [0.25, 0.3) is 10.8 Å². The summed E-state index contributed by atoms with van der Waals surface area (Å²) in [6, 6.07) is 3.91. The topological polar surface area (TPSA) is 78.2 Å². The van der Waals surface area contributed by atoms with E-state index in [0.29, 0.717) is 6.42 Å². The first-order valence-corrected chi connectivity index (χ1v) is 11.3. The maximum Gasteiger partial charge on any atom is 0.298 e. The number of ether oxygens (including phenoxy) is 1. The van der Waals surface area contributed by atoms with Crippen LogP contribution in [-0.2, 0) is 24.3 Å². The molecule has 0 aliphatic heterocycles. The van der Waals surface area contributed by atoms with E-state index in [1.54, 1.807) is 0 Å². The minimum absolute atomic E-state index is 0.0527. The first kappa shape index (κ1) is 27.3. The standard InChI is InChI=1S/C24H27F5N4O3/c1-14(15-7-6-8-18(21(15)27)24(28,29)13-36-3)30-22-17-12-33(10-5-4-9-19(25)26)20(34)11-16(17)23(35)32(2)31-22/h6-8,11-12,14,19H,4-5,9-10,13H2,1-3H3,(H,30,31)/t14-/m1/s1. The normalized spacial score (nSPS) is 12.9. The average molecular weight is 514 g/mol. The molecule has 1 aromatic carbocycles. The summed E-state index contributed by atoms with van der Waals surface area (Å²) in [5.41, 5.74) is -1.91. The quantitative estimate of drug-likeness (QED) is 0.299. The van der Waals surface area contributed by atoms with Crippen molar-refractivity contribution in [2.45, 2.75) is 51.1 Å². The fourth-order valence-electron chi connectivity index (χ4n) is 3.93. The summed E-state index contributed by atoms with van der Waals surface area (Å²) in [7, 11) is 2.47. The van der Waals surface area contributed by atoms with Crippen molar-refractivity contribution in [2.75, 3.05) is 19.0 Å². The van der Waals surface area contributed by atoms with Gasteiger partial charge < -0.3 is 14.6 Å². The molecule has 7 nitrogen and oxygen atoms in total. The van der Waals surface area contributed by atoms with E-state index in [4.69, 9.17) is 0 Å². The monoisotopic (exact) mass is 514 g/mol. The predicted octanol–water partition coefficient (Wildman–Crippen LogP) is 4.58. The molecule has 12 heteroatoms. The molecule has 0 aliphatic carbocycles. The molecule has 196 valence electrons. The van der Waals surface area contributed by atoms with E-state index in [0.717, 1.165) is 23.9 Å². The number of pyridine rings is 1. The number of methoxy groups -OCH3 is 1. The Bertz CT molecular complexity index is 1340. The Labute approximate surface area is 203 Å². The number of alkyl halides is 4. The third kappa shape index (κ3) is 5.92. The second-order valence-electron chi connectivity index (χ2n) is 8.51. The molecule has 1 N–H and O–H groups in total. The van der Waals surface area contributed by atoms with Gasteiger partial charge in [0.25, 0.3) is 17.0 Å². The number of aromatic nitrogens is 3. The molecule has 0 unspecified atom stereocenters. The largest absolute Gasteiger partial charge is 0.378 e. The van der Waals surface area contributed by atoms with Gasteiger partial charge in [-0.3, -0.25) is 9.59 Å². The van der Waals surface area contributed by atoms with Crippen LogP contribution in [0, 0.1) is 5.82 Å². The zero-order valence-corrected chi connectivity index (χ0v) is 20.0. The Hall–Kier alpha value is -3.28. The highest BCUT2D eigenvalue weighted by Crippen LogP contribution is 2.34. The van der Waals surface area contributed by atoms with Crippen LogP contribution < -0.4 is 16.4 Å². The van der Waals surface area contributed by atoms with Crippen LogP contribution in [0.4, 0.5) is 27.8 Å². The Kier molecular flexibility index (Phi) is 8.49. The van der Waals surface area contributed by atoms with Gasteiger partial charge in [0.05, 0.1) is 17.0 Å². The van der Waals surface area contributed by atoms with Crippen molar-refractivity contribution in [3.05, 3.63) is 68.1 Å². The van der Waals surface area contributed by atoms with Crippen LogP contribution >= 0.6 is 0 Å². The van der Waals surface area contributed by atoms with E-state index in [1.807, 2.05) is 0 Å². The minimum atomic E-state index is -3.55. The van der Waals surface area contributed by atoms with E-state index in [2.05, 4.69) is 15.2 Å². The van der Waals surface area contributed by atoms with Crippen molar-refractivity contribution in [1.82, 2.24) is 14.3 Å². The second-order valence-corrected chi connectivity index (χ2v) is 8.51. The van der Waals surface area contributed by atoms with Crippen LogP contribution in [0.15, 0.2) is 40.1 Å². The van der Waals surface area contributed by atoms with Crippen LogP contribution in [-0.4, -0.2) is 34.5 Å². The molecule has 0 bridgehead atoms. The van der Waals surface area contributed by atoms with Gasteiger partial charge in [-0.2, -0.15) is 13.9 Å². The molecule has 0 aliphatic rings. The molecule has 0 saturated heterocycles. The summed E-state index contributed by atoms with van der Waals surface area (Å²) in [6.07, 6.45) is -0.800. The molecular weight excluding hydrogens is 487 g/mol. The summed E-state index contributed by atoms with van der Waals surface area (Å²) >= 11 is 0. The highest BCUT2D eigenvalue weighted by atomic mass is 19.3. The van der Waals surface area contributed by atoms with Gasteiger partial charge in [-0.1, -0.05) is 12.1 Å². The predicted molar refractivity (Wildman–Crippen MR) is 125 cm³/mol. The van der Waals surface area contributed by atoms with Gasteiger partial charge in [-0.25, -0.2) is 17.9 Å². The van der Waals surface area contributed by atoms with Gasteiger partial charge in [0.15, 0.2) is 5.82 Å². The number of rotatable bonds is 11. The zero-order valence-electron chi connectivity index (χ0n) is 20.0. The molecule has 0 saturated carbocycles. The molecule has 3 rings (SSSR count). The van der Waals surface area contributed by atoms with Gasteiger partial charge in [-0.05, 0) is 25.8 Å². The highest BCUT2D eigenvalue weighted by Gasteiger charge is 2.36. The summed E-state index contributed by atoms with van der Waals surface area (Å²) in [4.78, 5) is 25.1. The molecular formula is C24H27F5N4O3. The Morgan fingerprint density at radius 3 is 2.56 bits per heavy atom. The molecule has 0 fully saturated rings. The summed E-state index contributed by atoms with van der Waals surface area (Å²) in [6.45, 7) is 0.698. The van der Waals surface area contributed by atoms with Crippen LogP contribution in [0.2, 0.25) is 0 Å². The smallest absolute Gasteiger partial charge is 0.298 e. The lowest BCUT2D eigenvalue weighted by atomic mass is 10.00. The number of nitrogens with one attached hydrogen (secondary N) is 1.